The molecule has 2 aliphatic rings. The Kier molecular flexibility index (Phi) is 7.11. The standard InChI is InChI=1S/C11H14.2C2H6/c1-11-8-4-2-6-10(11)7-3-5-9-11;2*1-2/h2-4,6-7H,5,8-9H2,1H3;2*1-2H3. The molecule has 1 atom stereocenters. The molecule has 0 aromatic rings. The van der Waals surface area contributed by atoms with Crippen LogP contribution in [0.25, 0.3) is 0 Å². The third-order valence-electron chi connectivity index (χ3n) is 2.84. The number of fused-ring (bicyclic) bond motifs is 1. The summed E-state index contributed by atoms with van der Waals surface area (Å²) in [5.41, 5.74) is 1.98. The molecule has 15 heavy (non-hydrogen) atoms. The summed E-state index contributed by atoms with van der Waals surface area (Å²) in [5, 5.41) is 0. The zero-order chi connectivity index (χ0) is 11.7. The molecule has 1 unspecified atom stereocenters. The van der Waals surface area contributed by atoms with Crippen LogP contribution < -0.4 is 0 Å². The minimum Gasteiger partial charge on any atom is -0.0842 e. The van der Waals surface area contributed by atoms with E-state index in [4.69, 9.17) is 0 Å². The van der Waals surface area contributed by atoms with Gasteiger partial charge >= 0.3 is 0 Å². The second-order valence-electron chi connectivity index (χ2n) is 3.76. The minimum absolute atomic E-state index is 0.462. The van der Waals surface area contributed by atoms with E-state index in [0.717, 1.165) is 0 Å². The van der Waals surface area contributed by atoms with Crippen molar-refractivity contribution in [2.75, 3.05) is 0 Å². The first-order valence-electron chi connectivity index (χ1n) is 6.35. The fourth-order valence-corrected chi connectivity index (χ4v) is 1.93. The van der Waals surface area contributed by atoms with E-state index in [-0.39, 0.29) is 0 Å². The van der Waals surface area contributed by atoms with E-state index in [1.807, 2.05) is 27.7 Å². The van der Waals surface area contributed by atoms with E-state index < -0.39 is 0 Å². The van der Waals surface area contributed by atoms with Crippen LogP contribution in [0, 0.1) is 5.41 Å². The van der Waals surface area contributed by atoms with Crippen molar-refractivity contribution >= 4 is 0 Å². The van der Waals surface area contributed by atoms with Gasteiger partial charge in [0, 0.05) is 0 Å². The molecule has 0 saturated carbocycles. The quantitative estimate of drug-likeness (QED) is 0.505. The fourth-order valence-electron chi connectivity index (χ4n) is 1.93. The first-order chi connectivity index (χ1) is 7.31. The topological polar surface area (TPSA) is 0 Å². The van der Waals surface area contributed by atoms with Crippen LogP contribution in [0.4, 0.5) is 0 Å². The summed E-state index contributed by atoms with van der Waals surface area (Å²) in [5.74, 6) is 0. The molecule has 0 spiro atoms. The zero-order valence-corrected chi connectivity index (χ0v) is 11.0. The molecule has 0 aromatic carbocycles. The summed E-state index contributed by atoms with van der Waals surface area (Å²) in [4.78, 5) is 0. The normalized spacial score (nSPS) is 26.3. The van der Waals surface area contributed by atoms with Crippen LogP contribution in [0.5, 0.6) is 0 Å². The molecule has 0 aromatic heterocycles. The molecular weight excluding hydrogens is 180 g/mol. The first-order valence-corrected chi connectivity index (χ1v) is 6.35. The van der Waals surface area contributed by atoms with Crippen molar-refractivity contribution in [2.24, 2.45) is 5.41 Å². The molecule has 0 fully saturated rings. The van der Waals surface area contributed by atoms with Gasteiger partial charge in [-0.1, -0.05) is 65.0 Å². The first kappa shape index (κ1) is 14.2. The largest absolute Gasteiger partial charge is 0.0842 e. The SMILES string of the molecule is CC.CC.CC12CC=CC=C1C=CCC2. The predicted octanol–water partition coefficient (Wildman–Crippen LogP) is 5.28. The number of hydrogen-bond donors (Lipinski definition) is 0. The minimum atomic E-state index is 0.462. The van der Waals surface area contributed by atoms with Crippen LogP contribution in [-0.2, 0) is 0 Å². The third-order valence-corrected chi connectivity index (χ3v) is 2.84. The highest BCUT2D eigenvalue weighted by atomic mass is 14.3. The van der Waals surface area contributed by atoms with Gasteiger partial charge in [0.15, 0.2) is 0 Å². The fraction of sp³-hybridized carbons (Fsp3) is 0.600. The Hall–Kier alpha value is -0.780. The molecule has 2 rings (SSSR count). The number of allylic oxidation sites excluding steroid dienone is 6. The van der Waals surface area contributed by atoms with Crippen molar-refractivity contribution in [2.45, 2.75) is 53.9 Å². The lowest BCUT2D eigenvalue weighted by Gasteiger charge is -2.34. The Bertz CT molecular complexity index is 243. The summed E-state index contributed by atoms with van der Waals surface area (Å²) >= 11 is 0. The number of hydrogen-bond acceptors (Lipinski definition) is 0. The van der Waals surface area contributed by atoms with Crippen molar-refractivity contribution in [1.82, 2.24) is 0 Å². The van der Waals surface area contributed by atoms with Crippen LogP contribution >= 0.6 is 0 Å². The molecule has 0 heteroatoms. The molecule has 0 heterocycles. The monoisotopic (exact) mass is 206 g/mol. The van der Waals surface area contributed by atoms with Gasteiger partial charge in [-0.3, -0.25) is 0 Å². The highest BCUT2D eigenvalue weighted by Gasteiger charge is 2.28. The van der Waals surface area contributed by atoms with E-state index in [0.29, 0.717) is 5.41 Å². The van der Waals surface area contributed by atoms with E-state index >= 15 is 0 Å². The third kappa shape index (κ3) is 3.70. The maximum Gasteiger partial charge on any atom is -0.00379 e. The zero-order valence-electron chi connectivity index (χ0n) is 11.0. The highest BCUT2D eigenvalue weighted by molar-refractivity contribution is 5.36. The van der Waals surface area contributed by atoms with Crippen molar-refractivity contribution in [1.29, 1.82) is 0 Å². The Labute approximate surface area is 95.8 Å². The van der Waals surface area contributed by atoms with Crippen LogP contribution in [0.3, 0.4) is 0 Å². The van der Waals surface area contributed by atoms with Crippen LogP contribution in [0.15, 0.2) is 36.0 Å². The van der Waals surface area contributed by atoms with Crippen LogP contribution in [0.2, 0.25) is 0 Å². The Morgan fingerprint density at radius 3 is 2.33 bits per heavy atom. The lowest BCUT2D eigenvalue weighted by molar-refractivity contribution is 0.369. The average molecular weight is 206 g/mol. The number of rotatable bonds is 0. The van der Waals surface area contributed by atoms with E-state index in [1.54, 1.807) is 0 Å². The van der Waals surface area contributed by atoms with Gasteiger partial charge in [0.1, 0.15) is 0 Å². The second kappa shape index (κ2) is 7.50. The van der Waals surface area contributed by atoms with Crippen molar-refractivity contribution in [3.8, 4) is 0 Å². The predicted molar refractivity (Wildman–Crippen MR) is 71.0 cm³/mol. The van der Waals surface area contributed by atoms with Gasteiger partial charge < -0.3 is 0 Å². The molecule has 86 valence electrons. The summed E-state index contributed by atoms with van der Waals surface area (Å²) < 4.78 is 0. The van der Waals surface area contributed by atoms with Gasteiger partial charge in [-0.2, -0.15) is 0 Å². The van der Waals surface area contributed by atoms with Crippen molar-refractivity contribution in [3.05, 3.63) is 36.0 Å². The molecule has 0 aliphatic heterocycles. The molecule has 0 radical (unpaired) electrons. The molecule has 0 saturated heterocycles. The Morgan fingerprint density at radius 1 is 1.07 bits per heavy atom. The summed E-state index contributed by atoms with van der Waals surface area (Å²) in [7, 11) is 0. The lowest BCUT2D eigenvalue weighted by Crippen LogP contribution is -2.21. The Morgan fingerprint density at radius 2 is 1.73 bits per heavy atom. The molecule has 0 N–H and O–H groups in total. The van der Waals surface area contributed by atoms with E-state index in [9.17, 15) is 0 Å². The van der Waals surface area contributed by atoms with Crippen molar-refractivity contribution in [3.63, 3.8) is 0 Å². The highest BCUT2D eigenvalue weighted by Crippen LogP contribution is 2.41. The van der Waals surface area contributed by atoms with E-state index in [1.165, 1.54) is 24.8 Å². The van der Waals surface area contributed by atoms with Crippen LogP contribution in [-0.4, -0.2) is 0 Å². The van der Waals surface area contributed by atoms with Crippen LogP contribution in [0.1, 0.15) is 53.9 Å². The van der Waals surface area contributed by atoms with Gasteiger partial charge in [-0.25, -0.2) is 0 Å². The maximum atomic E-state index is 2.37. The van der Waals surface area contributed by atoms with Crippen molar-refractivity contribution < 1.29 is 0 Å². The van der Waals surface area contributed by atoms with Gasteiger partial charge in [0.05, 0.1) is 0 Å². The average Bonchev–Trinajstić information content (AvgIpc) is 2.33. The molecular formula is C15H26. The molecule has 0 nitrogen and oxygen atoms in total. The molecule has 2 aliphatic carbocycles. The van der Waals surface area contributed by atoms with E-state index in [2.05, 4.69) is 37.3 Å². The summed E-state index contributed by atoms with van der Waals surface area (Å²) in [6.45, 7) is 10.4. The smallest absolute Gasteiger partial charge is 0.00379 e. The lowest BCUT2D eigenvalue weighted by atomic mass is 9.71. The van der Waals surface area contributed by atoms with Gasteiger partial charge in [-0.05, 0) is 30.3 Å². The summed E-state index contributed by atoms with van der Waals surface area (Å²) in [6, 6.07) is 0. The Balaban J connectivity index is 0.000000442. The molecule has 0 amide bonds. The second-order valence-corrected chi connectivity index (χ2v) is 3.76. The maximum absolute atomic E-state index is 2.37. The summed E-state index contributed by atoms with van der Waals surface area (Å²) in [6.07, 6.45) is 15.1. The molecule has 0 bridgehead atoms. The van der Waals surface area contributed by atoms with Gasteiger partial charge in [0.2, 0.25) is 0 Å². The van der Waals surface area contributed by atoms with Gasteiger partial charge in [-0.15, -0.1) is 0 Å². The van der Waals surface area contributed by atoms with Gasteiger partial charge in [0.25, 0.3) is 0 Å².